The molecular weight excluding hydrogens is 272 g/mol. The van der Waals surface area contributed by atoms with Crippen molar-refractivity contribution in [1.82, 2.24) is 4.98 Å². The van der Waals surface area contributed by atoms with Crippen molar-refractivity contribution in [3.05, 3.63) is 22.9 Å². The average Bonchev–Trinajstić information content (AvgIpc) is 2.18. The molecule has 1 heterocycles. The van der Waals surface area contributed by atoms with Crippen LogP contribution in [0.15, 0.2) is 22.9 Å². The number of ether oxygens (including phenoxy) is 1. The third-order valence-corrected chi connectivity index (χ3v) is 2.30. The van der Waals surface area contributed by atoms with Crippen LogP contribution in [0.4, 0.5) is 5.69 Å². The van der Waals surface area contributed by atoms with Gasteiger partial charge in [0.25, 0.3) is 0 Å². The van der Waals surface area contributed by atoms with Gasteiger partial charge in [-0.3, -0.25) is 4.79 Å². The van der Waals surface area contributed by atoms with Crippen molar-refractivity contribution in [3.63, 3.8) is 0 Å². The molecule has 1 aromatic heterocycles. The van der Waals surface area contributed by atoms with Gasteiger partial charge in [-0.2, -0.15) is 0 Å². The fourth-order valence-corrected chi connectivity index (χ4v) is 1.30. The quantitative estimate of drug-likeness (QED) is 0.869. The molecule has 0 aliphatic rings. The Morgan fingerprint density at radius 2 is 2.25 bits per heavy atom. The lowest BCUT2D eigenvalue weighted by atomic mass is 10.2. The highest BCUT2D eigenvalue weighted by Gasteiger charge is 2.13. The first kappa shape index (κ1) is 13.1. The van der Waals surface area contributed by atoms with Crippen LogP contribution in [0, 0.1) is 0 Å². The van der Waals surface area contributed by atoms with Crippen molar-refractivity contribution in [3.8, 4) is 0 Å². The molecule has 88 valence electrons. The Balaban J connectivity index is 2.50. The summed E-state index contributed by atoms with van der Waals surface area (Å²) in [6, 6.07) is 3.52. The lowest BCUT2D eigenvalue weighted by Crippen LogP contribution is -2.27. The fraction of sp³-hybridized carbons (Fsp3) is 0.455. The number of carbonyl (C=O) groups excluding carboxylic acids is 1. The molecule has 0 spiro atoms. The van der Waals surface area contributed by atoms with Crippen molar-refractivity contribution < 1.29 is 9.53 Å². The minimum atomic E-state index is -0.316. The summed E-state index contributed by atoms with van der Waals surface area (Å²) in [4.78, 5) is 15.5. The Hall–Kier alpha value is -0.940. The number of rotatable bonds is 3. The normalized spacial score (nSPS) is 11.2. The van der Waals surface area contributed by atoms with E-state index in [9.17, 15) is 4.79 Å². The Morgan fingerprint density at radius 3 is 2.81 bits per heavy atom. The standard InChI is InChI=1S/C11H15BrN2O2/c1-11(2,3)16-7-9(15)14-8-5-4-6-13-10(8)12/h4-6H,7H2,1-3H3,(H,14,15). The molecule has 1 rings (SSSR count). The van der Waals surface area contributed by atoms with E-state index in [0.29, 0.717) is 10.3 Å². The van der Waals surface area contributed by atoms with Gasteiger partial charge in [-0.25, -0.2) is 4.98 Å². The zero-order valence-corrected chi connectivity index (χ0v) is 11.2. The maximum absolute atomic E-state index is 11.5. The van der Waals surface area contributed by atoms with E-state index in [2.05, 4.69) is 26.2 Å². The number of carbonyl (C=O) groups is 1. The van der Waals surface area contributed by atoms with Crippen molar-refractivity contribution in [2.45, 2.75) is 26.4 Å². The van der Waals surface area contributed by atoms with Gasteiger partial charge in [0.05, 0.1) is 11.3 Å². The third-order valence-electron chi connectivity index (χ3n) is 1.67. The van der Waals surface area contributed by atoms with Gasteiger partial charge in [0.2, 0.25) is 5.91 Å². The molecule has 0 fully saturated rings. The average molecular weight is 287 g/mol. The summed E-state index contributed by atoms with van der Waals surface area (Å²) in [6.45, 7) is 5.74. The second kappa shape index (κ2) is 5.41. The molecule has 5 heteroatoms. The Bertz CT molecular complexity index is 374. The second-order valence-corrected chi connectivity index (χ2v) is 5.04. The summed E-state index contributed by atoms with van der Waals surface area (Å²) >= 11 is 3.25. The molecule has 0 bridgehead atoms. The maximum Gasteiger partial charge on any atom is 0.250 e. The number of aromatic nitrogens is 1. The summed E-state index contributed by atoms with van der Waals surface area (Å²) in [5.74, 6) is -0.191. The fourth-order valence-electron chi connectivity index (χ4n) is 0.948. The number of pyridine rings is 1. The van der Waals surface area contributed by atoms with Crippen molar-refractivity contribution in [1.29, 1.82) is 0 Å². The molecule has 0 atom stereocenters. The van der Waals surface area contributed by atoms with Gasteiger partial charge in [-0.1, -0.05) is 0 Å². The predicted molar refractivity (Wildman–Crippen MR) is 66.3 cm³/mol. The van der Waals surface area contributed by atoms with Crippen molar-refractivity contribution >= 4 is 27.5 Å². The van der Waals surface area contributed by atoms with Gasteiger partial charge in [-0.15, -0.1) is 0 Å². The van der Waals surface area contributed by atoms with Crippen molar-refractivity contribution in [2.24, 2.45) is 0 Å². The molecular formula is C11H15BrN2O2. The molecule has 0 saturated carbocycles. The SMILES string of the molecule is CC(C)(C)OCC(=O)Nc1cccnc1Br. The Labute approximate surface area is 104 Å². The van der Waals surface area contributed by atoms with Crippen LogP contribution in [0.1, 0.15) is 20.8 Å². The lowest BCUT2D eigenvalue weighted by Gasteiger charge is -2.19. The smallest absolute Gasteiger partial charge is 0.250 e. The van der Waals surface area contributed by atoms with Gasteiger partial charge in [0.15, 0.2) is 0 Å². The topological polar surface area (TPSA) is 51.2 Å². The molecule has 1 aromatic rings. The summed E-state index contributed by atoms with van der Waals surface area (Å²) in [5, 5.41) is 2.71. The molecule has 0 unspecified atom stereocenters. The Morgan fingerprint density at radius 1 is 1.56 bits per heavy atom. The first-order valence-corrected chi connectivity index (χ1v) is 5.72. The minimum Gasteiger partial charge on any atom is -0.366 e. The highest BCUT2D eigenvalue weighted by molar-refractivity contribution is 9.10. The van der Waals surface area contributed by atoms with E-state index in [0.717, 1.165) is 0 Å². The van der Waals surface area contributed by atoms with Gasteiger partial charge in [0.1, 0.15) is 11.2 Å². The zero-order chi connectivity index (χ0) is 12.2. The van der Waals surface area contributed by atoms with Gasteiger partial charge in [-0.05, 0) is 48.8 Å². The minimum absolute atomic E-state index is 0.0326. The molecule has 0 aliphatic heterocycles. The molecule has 0 aromatic carbocycles. The predicted octanol–water partition coefficient (Wildman–Crippen LogP) is 2.60. The van der Waals surface area contributed by atoms with E-state index < -0.39 is 0 Å². The molecule has 16 heavy (non-hydrogen) atoms. The third kappa shape index (κ3) is 4.72. The van der Waals surface area contributed by atoms with Crippen LogP contribution in [0.25, 0.3) is 0 Å². The van der Waals surface area contributed by atoms with Gasteiger partial charge in [0, 0.05) is 6.20 Å². The number of anilines is 1. The van der Waals surface area contributed by atoms with Gasteiger partial charge >= 0.3 is 0 Å². The van der Waals surface area contributed by atoms with E-state index in [4.69, 9.17) is 4.74 Å². The first-order valence-electron chi connectivity index (χ1n) is 4.93. The molecule has 1 amide bonds. The molecule has 0 radical (unpaired) electrons. The highest BCUT2D eigenvalue weighted by atomic mass is 79.9. The number of hydrogen-bond donors (Lipinski definition) is 1. The van der Waals surface area contributed by atoms with E-state index in [-0.39, 0.29) is 18.1 Å². The number of amides is 1. The van der Waals surface area contributed by atoms with Gasteiger partial charge < -0.3 is 10.1 Å². The first-order chi connectivity index (χ1) is 7.38. The summed E-state index contributed by atoms with van der Waals surface area (Å²) < 4.78 is 5.97. The maximum atomic E-state index is 11.5. The Kier molecular flexibility index (Phi) is 4.44. The van der Waals surface area contributed by atoms with Crippen LogP contribution < -0.4 is 5.32 Å². The summed E-state index contributed by atoms with van der Waals surface area (Å²) in [6.07, 6.45) is 1.64. The summed E-state index contributed by atoms with van der Waals surface area (Å²) in [7, 11) is 0. The zero-order valence-electron chi connectivity index (χ0n) is 9.58. The number of hydrogen-bond acceptors (Lipinski definition) is 3. The van der Waals surface area contributed by atoms with E-state index >= 15 is 0 Å². The number of halogens is 1. The monoisotopic (exact) mass is 286 g/mol. The van der Waals surface area contributed by atoms with Crippen molar-refractivity contribution in [2.75, 3.05) is 11.9 Å². The number of nitrogens with zero attached hydrogens (tertiary/aromatic N) is 1. The number of nitrogens with one attached hydrogen (secondary N) is 1. The van der Waals surface area contributed by atoms with Crippen LogP contribution in [-0.2, 0) is 9.53 Å². The van der Waals surface area contributed by atoms with Crippen LogP contribution in [0.5, 0.6) is 0 Å². The van der Waals surface area contributed by atoms with E-state index in [1.165, 1.54) is 0 Å². The molecule has 4 nitrogen and oxygen atoms in total. The lowest BCUT2D eigenvalue weighted by molar-refractivity contribution is -0.125. The van der Waals surface area contributed by atoms with E-state index in [1.807, 2.05) is 20.8 Å². The second-order valence-electron chi connectivity index (χ2n) is 4.29. The largest absolute Gasteiger partial charge is 0.366 e. The summed E-state index contributed by atoms with van der Waals surface area (Å²) in [5.41, 5.74) is 0.328. The highest BCUT2D eigenvalue weighted by Crippen LogP contribution is 2.18. The van der Waals surface area contributed by atoms with Crippen LogP contribution in [-0.4, -0.2) is 23.1 Å². The molecule has 0 aliphatic carbocycles. The van der Waals surface area contributed by atoms with Crippen LogP contribution in [0.2, 0.25) is 0 Å². The van der Waals surface area contributed by atoms with E-state index in [1.54, 1.807) is 18.3 Å². The van der Waals surface area contributed by atoms with Crippen LogP contribution >= 0.6 is 15.9 Å². The van der Waals surface area contributed by atoms with Crippen LogP contribution in [0.3, 0.4) is 0 Å². The molecule has 1 N–H and O–H groups in total. The molecule has 0 saturated heterocycles.